The van der Waals surface area contributed by atoms with Crippen molar-refractivity contribution < 1.29 is 14.6 Å². The average molecular weight is 384 g/mol. The molecule has 1 unspecified atom stereocenters. The van der Waals surface area contributed by atoms with E-state index in [4.69, 9.17) is 20.9 Å². The molecule has 7 nitrogen and oxygen atoms in total. The summed E-state index contributed by atoms with van der Waals surface area (Å²) in [7, 11) is 3.30. The summed E-state index contributed by atoms with van der Waals surface area (Å²) in [4.78, 5) is 4.26. The zero-order chi connectivity index (χ0) is 20.5. The molecular formula is C21H28N4O3. The standard InChI is InChI=1S/C21H28N4O3/c1-14-12-15(4-6-19(14)27-3)21(26)25-16-5-7-20(28-11-10-23)17(13-16)18(24-2)8-9-22/h4-9,12-13,21,25-26H,10-11,22-23H2,1-3H3. The van der Waals surface area contributed by atoms with E-state index >= 15 is 0 Å². The molecule has 28 heavy (non-hydrogen) atoms. The normalized spacial score (nSPS) is 12.8. The van der Waals surface area contributed by atoms with E-state index in [1.54, 1.807) is 20.2 Å². The van der Waals surface area contributed by atoms with E-state index in [9.17, 15) is 5.11 Å². The van der Waals surface area contributed by atoms with Crippen LogP contribution in [0.5, 0.6) is 11.5 Å². The number of benzene rings is 2. The Morgan fingerprint density at radius 3 is 2.61 bits per heavy atom. The minimum atomic E-state index is -0.889. The third-order valence-corrected chi connectivity index (χ3v) is 4.16. The summed E-state index contributed by atoms with van der Waals surface area (Å²) in [5.41, 5.74) is 14.9. The number of aliphatic imine (C=N–C) groups is 1. The maximum atomic E-state index is 10.6. The zero-order valence-electron chi connectivity index (χ0n) is 16.5. The van der Waals surface area contributed by atoms with Gasteiger partial charge in [0.05, 0.1) is 12.8 Å². The number of hydrogen-bond donors (Lipinski definition) is 4. The molecule has 2 aromatic rings. The van der Waals surface area contributed by atoms with Gasteiger partial charge in [0.15, 0.2) is 6.23 Å². The number of nitrogens with two attached hydrogens (primary N) is 2. The number of aliphatic hydroxyl groups is 1. The molecule has 0 aromatic heterocycles. The number of aliphatic hydroxyl groups excluding tert-OH is 1. The fourth-order valence-corrected chi connectivity index (χ4v) is 2.80. The average Bonchev–Trinajstić information content (AvgIpc) is 2.70. The van der Waals surface area contributed by atoms with Crippen LogP contribution in [0.1, 0.15) is 22.9 Å². The van der Waals surface area contributed by atoms with Gasteiger partial charge in [0, 0.05) is 30.4 Å². The predicted molar refractivity (Wildman–Crippen MR) is 113 cm³/mol. The topological polar surface area (TPSA) is 115 Å². The number of aryl methyl sites for hydroxylation is 1. The molecule has 1 atom stereocenters. The van der Waals surface area contributed by atoms with Gasteiger partial charge in [-0.2, -0.15) is 0 Å². The highest BCUT2D eigenvalue weighted by Gasteiger charge is 2.13. The first kappa shape index (κ1) is 21.3. The van der Waals surface area contributed by atoms with Crippen molar-refractivity contribution in [2.75, 3.05) is 32.6 Å². The Hall–Kier alpha value is -3.03. The van der Waals surface area contributed by atoms with Crippen molar-refractivity contribution in [3.63, 3.8) is 0 Å². The summed E-state index contributed by atoms with van der Waals surface area (Å²) in [5, 5.41) is 13.7. The van der Waals surface area contributed by atoms with E-state index in [1.807, 2.05) is 43.3 Å². The molecule has 7 heteroatoms. The van der Waals surface area contributed by atoms with Crippen LogP contribution in [0.25, 0.3) is 0 Å². The highest BCUT2D eigenvalue weighted by atomic mass is 16.5. The second-order valence-corrected chi connectivity index (χ2v) is 6.09. The van der Waals surface area contributed by atoms with E-state index in [2.05, 4.69) is 10.3 Å². The number of ether oxygens (including phenoxy) is 2. The largest absolute Gasteiger partial charge is 0.496 e. The van der Waals surface area contributed by atoms with Crippen LogP contribution >= 0.6 is 0 Å². The monoisotopic (exact) mass is 384 g/mol. The highest BCUT2D eigenvalue weighted by molar-refractivity contribution is 6.11. The van der Waals surface area contributed by atoms with Gasteiger partial charge in [-0.25, -0.2) is 0 Å². The van der Waals surface area contributed by atoms with E-state index in [0.29, 0.717) is 30.3 Å². The van der Waals surface area contributed by atoms with Crippen LogP contribution < -0.4 is 26.3 Å². The van der Waals surface area contributed by atoms with Crippen LogP contribution in [0.4, 0.5) is 5.69 Å². The van der Waals surface area contributed by atoms with Gasteiger partial charge >= 0.3 is 0 Å². The Morgan fingerprint density at radius 1 is 1.25 bits per heavy atom. The van der Waals surface area contributed by atoms with Gasteiger partial charge in [0.1, 0.15) is 18.1 Å². The Labute approximate surface area is 165 Å². The third-order valence-electron chi connectivity index (χ3n) is 4.16. The number of hydrogen-bond acceptors (Lipinski definition) is 7. The molecule has 0 saturated heterocycles. The summed E-state index contributed by atoms with van der Waals surface area (Å²) in [6.45, 7) is 2.72. The number of methoxy groups -OCH3 is 1. The van der Waals surface area contributed by atoms with Gasteiger partial charge in [-0.3, -0.25) is 4.99 Å². The molecule has 0 aliphatic rings. The van der Waals surface area contributed by atoms with Crippen molar-refractivity contribution in [2.24, 2.45) is 16.5 Å². The molecule has 0 bridgehead atoms. The second kappa shape index (κ2) is 10.3. The molecule has 150 valence electrons. The third kappa shape index (κ3) is 5.25. The summed E-state index contributed by atoms with van der Waals surface area (Å²) < 4.78 is 11.0. The van der Waals surface area contributed by atoms with Crippen molar-refractivity contribution >= 4 is 11.4 Å². The minimum absolute atomic E-state index is 0.386. The fraction of sp³-hybridized carbons (Fsp3) is 0.286. The van der Waals surface area contributed by atoms with Crippen LogP contribution in [0.3, 0.4) is 0 Å². The molecule has 0 aliphatic heterocycles. The van der Waals surface area contributed by atoms with Crippen molar-refractivity contribution in [1.82, 2.24) is 0 Å². The molecular weight excluding hydrogens is 356 g/mol. The van der Waals surface area contributed by atoms with Gasteiger partial charge in [-0.05, 0) is 55.1 Å². The predicted octanol–water partition coefficient (Wildman–Crippen LogP) is 2.34. The number of rotatable bonds is 9. The number of nitrogens with one attached hydrogen (secondary N) is 1. The van der Waals surface area contributed by atoms with Crippen molar-refractivity contribution in [3.05, 3.63) is 65.4 Å². The maximum absolute atomic E-state index is 10.6. The molecule has 0 heterocycles. The summed E-state index contributed by atoms with van der Waals surface area (Å²) in [6.07, 6.45) is 2.22. The van der Waals surface area contributed by atoms with Gasteiger partial charge in [0.2, 0.25) is 0 Å². The summed E-state index contributed by atoms with van der Waals surface area (Å²) in [6, 6.07) is 11.0. The van der Waals surface area contributed by atoms with Crippen LogP contribution in [0, 0.1) is 6.92 Å². The molecule has 6 N–H and O–H groups in total. The van der Waals surface area contributed by atoms with Gasteiger partial charge < -0.3 is 31.4 Å². The Morgan fingerprint density at radius 2 is 2.00 bits per heavy atom. The fourth-order valence-electron chi connectivity index (χ4n) is 2.80. The second-order valence-electron chi connectivity index (χ2n) is 6.09. The lowest BCUT2D eigenvalue weighted by Crippen LogP contribution is -2.14. The van der Waals surface area contributed by atoms with Crippen molar-refractivity contribution in [1.29, 1.82) is 0 Å². The lowest BCUT2D eigenvalue weighted by Gasteiger charge is -2.18. The first-order valence-electron chi connectivity index (χ1n) is 8.95. The Kier molecular flexibility index (Phi) is 7.86. The van der Waals surface area contributed by atoms with Gasteiger partial charge in [0.25, 0.3) is 0 Å². The molecule has 0 spiro atoms. The van der Waals surface area contributed by atoms with Crippen LogP contribution in [0.2, 0.25) is 0 Å². The van der Waals surface area contributed by atoms with E-state index < -0.39 is 6.23 Å². The van der Waals surface area contributed by atoms with Crippen LogP contribution in [-0.2, 0) is 0 Å². The SMILES string of the molecule is CN=C(C=CN)c1cc(NC(O)c2ccc(OC)c(C)c2)ccc1OCCN. The molecule has 0 amide bonds. The van der Waals surface area contributed by atoms with Crippen molar-refractivity contribution in [3.8, 4) is 11.5 Å². The zero-order valence-corrected chi connectivity index (χ0v) is 16.5. The first-order valence-corrected chi connectivity index (χ1v) is 8.95. The van der Waals surface area contributed by atoms with E-state index in [0.717, 1.165) is 22.4 Å². The number of allylic oxidation sites excluding steroid dienone is 1. The molecule has 2 rings (SSSR count). The minimum Gasteiger partial charge on any atom is -0.496 e. The van der Waals surface area contributed by atoms with E-state index in [-0.39, 0.29) is 0 Å². The number of anilines is 1. The first-order chi connectivity index (χ1) is 13.5. The quantitative estimate of drug-likeness (QED) is 0.390. The molecule has 0 fully saturated rings. The lowest BCUT2D eigenvalue weighted by atomic mass is 10.1. The smallest absolute Gasteiger partial charge is 0.150 e. The highest BCUT2D eigenvalue weighted by Crippen LogP contribution is 2.28. The maximum Gasteiger partial charge on any atom is 0.150 e. The molecule has 0 aliphatic carbocycles. The van der Waals surface area contributed by atoms with Crippen LogP contribution in [-0.4, -0.2) is 38.1 Å². The number of nitrogens with zero attached hydrogens (tertiary/aromatic N) is 1. The van der Waals surface area contributed by atoms with E-state index in [1.165, 1.54) is 6.20 Å². The summed E-state index contributed by atoms with van der Waals surface area (Å²) in [5.74, 6) is 1.42. The summed E-state index contributed by atoms with van der Waals surface area (Å²) >= 11 is 0. The van der Waals surface area contributed by atoms with Gasteiger partial charge in [-0.15, -0.1) is 0 Å². The molecule has 2 aromatic carbocycles. The van der Waals surface area contributed by atoms with Crippen molar-refractivity contribution in [2.45, 2.75) is 13.2 Å². The Bertz CT molecular complexity index is 850. The molecule has 0 saturated carbocycles. The molecule has 0 radical (unpaired) electrons. The van der Waals surface area contributed by atoms with Crippen LogP contribution in [0.15, 0.2) is 53.7 Å². The lowest BCUT2D eigenvalue weighted by molar-refractivity contribution is 0.208. The van der Waals surface area contributed by atoms with Gasteiger partial charge in [-0.1, -0.05) is 6.07 Å². The Balaban J connectivity index is 2.31.